The Kier molecular flexibility index (Phi) is 8.72. The van der Waals surface area contributed by atoms with Crippen LogP contribution >= 0.6 is 0 Å². The highest BCUT2D eigenvalue weighted by molar-refractivity contribution is 6.06. The minimum Gasteiger partial charge on any atom is -0.459 e. The van der Waals surface area contributed by atoms with Gasteiger partial charge in [-0.05, 0) is 75.9 Å². The molecule has 0 saturated heterocycles. The molecule has 2 amide bonds. The first-order valence-corrected chi connectivity index (χ1v) is 14.6. The number of furan rings is 1. The minimum atomic E-state index is -0.247. The summed E-state index contributed by atoms with van der Waals surface area (Å²) in [5, 5.41) is 9.86. The highest BCUT2D eigenvalue weighted by Crippen LogP contribution is 2.43. The van der Waals surface area contributed by atoms with Crippen molar-refractivity contribution in [3.05, 3.63) is 83.3 Å². The van der Waals surface area contributed by atoms with Gasteiger partial charge < -0.3 is 19.3 Å². The molecule has 1 N–H and O–H groups in total. The van der Waals surface area contributed by atoms with Gasteiger partial charge >= 0.3 is 0 Å². The lowest BCUT2D eigenvalue weighted by molar-refractivity contribution is -0.121. The standard InChI is InChI=1S/C33H41N3O4/c1-23-11-14-27(15-12-23)36(32(38)22-34(17-18-37)26-8-5-4-6-9-26)30-21-25(3)35(33(39)31-10-7-19-40-31)29-16-13-24(2)20-28(29)30/h7,10-16,19-20,25-26,30,37H,4-6,8-9,17-18,21-22H2,1-3H3. The zero-order valence-corrected chi connectivity index (χ0v) is 23.9. The van der Waals surface area contributed by atoms with Gasteiger partial charge in [0.05, 0.1) is 25.5 Å². The quantitative estimate of drug-likeness (QED) is 0.375. The first-order chi connectivity index (χ1) is 19.4. The van der Waals surface area contributed by atoms with Crippen molar-refractivity contribution in [1.82, 2.24) is 4.90 Å². The van der Waals surface area contributed by atoms with E-state index >= 15 is 0 Å². The van der Waals surface area contributed by atoms with Gasteiger partial charge in [-0.15, -0.1) is 0 Å². The van der Waals surface area contributed by atoms with Gasteiger partial charge in [0.25, 0.3) is 5.91 Å². The monoisotopic (exact) mass is 543 g/mol. The lowest BCUT2D eigenvalue weighted by atomic mass is 9.88. The molecule has 1 saturated carbocycles. The van der Waals surface area contributed by atoms with Crippen LogP contribution in [0.4, 0.5) is 11.4 Å². The van der Waals surface area contributed by atoms with Gasteiger partial charge in [0.1, 0.15) is 0 Å². The van der Waals surface area contributed by atoms with Crippen LogP contribution in [0.3, 0.4) is 0 Å². The lowest BCUT2D eigenvalue weighted by Gasteiger charge is -2.44. The summed E-state index contributed by atoms with van der Waals surface area (Å²) in [5.41, 5.74) is 4.81. The van der Waals surface area contributed by atoms with E-state index in [1.165, 1.54) is 12.7 Å². The molecule has 0 spiro atoms. The smallest absolute Gasteiger partial charge is 0.294 e. The van der Waals surface area contributed by atoms with E-state index in [9.17, 15) is 14.7 Å². The predicted molar refractivity (Wildman–Crippen MR) is 158 cm³/mol. The number of amides is 2. The van der Waals surface area contributed by atoms with Crippen LogP contribution in [0, 0.1) is 13.8 Å². The van der Waals surface area contributed by atoms with E-state index in [2.05, 4.69) is 11.0 Å². The molecular formula is C33H41N3O4. The number of aryl methyl sites for hydroxylation is 2. The van der Waals surface area contributed by atoms with Crippen LogP contribution in [0.5, 0.6) is 0 Å². The first kappa shape index (κ1) is 28.1. The van der Waals surface area contributed by atoms with Gasteiger partial charge in [-0.25, -0.2) is 0 Å². The van der Waals surface area contributed by atoms with E-state index in [1.54, 1.807) is 12.1 Å². The molecule has 0 bridgehead atoms. The first-order valence-electron chi connectivity index (χ1n) is 14.6. The van der Waals surface area contributed by atoms with Gasteiger partial charge in [0, 0.05) is 30.0 Å². The number of benzene rings is 2. The summed E-state index contributed by atoms with van der Waals surface area (Å²) in [4.78, 5) is 33.8. The molecule has 2 unspecified atom stereocenters. The van der Waals surface area contributed by atoms with Crippen LogP contribution in [0.2, 0.25) is 0 Å². The second kappa shape index (κ2) is 12.4. The fraction of sp³-hybridized carbons (Fsp3) is 0.455. The maximum absolute atomic E-state index is 14.4. The number of fused-ring (bicyclic) bond motifs is 1. The fourth-order valence-electron chi connectivity index (χ4n) is 6.44. The third kappa shape index (κ3) is 5.86. The van der Waals surface area contributed by atoms with Crippen molar-refractivity contribution in [1.29, 1.82) is 0 Å². The Hall–Kier alpha value is -3.42. The van der Waals surface area contributed by atoms with E-state index in [1.807, 2.05) is 67.0 Å². The van der Waals surface area contributed by atoms with Crippen LogP contribution in [-0.2, 0) is 4.79 Å². The Bertz CT molecular complexity index is 1300. The van der Waals surface area contributed by atoms with E-state index in [0.29, 0.717) is 24.8 Å². The van der Waals surface area contributed by atoms with Crippen LogP contribution < -0.4 is 9.80 Å². The molecule has 0 radical (unpaired) electrons. The number of hydrogen-bond donors (Lipinski definition) is 1. The fourth-order valence-corrected chi connectivity index (χ4v) is 6.44. The molecule has 2 atom stereocenters. The van der Waals surface area contributed by atoms with Crippen molar-refractivity contribution in [3.63, 3.8) is 0 Å². The molecule has 1 aromatic heterocycles. The number of hydrogen-bond acceptors (Lipinski definition) is 5. The van der Waals surface area contributed by atoms with Gasteiger partial charge in [-0.1, -0.05) is 54.7 Å². The summed E-state index contributed by atoms with van der Waals surface area (Å²) < 4.78 is 5.47. The third-order valence-electron chi connectivity index (χ3n) is 8.47. The molecule has 3 aromatic rings. The molecule has 212 valence electrons. The molecular weight excluding hydrogens is 502 g/mol. The molecule has 1 aliphatic carbocycles. The molecule has 7 heteroatoms. The van der Waals surface area contributed by atoms with Gasteiger partial charge in [-0.3, -0.25) is 14.5 Å². The van der Waals surface area contributed by atoms with Crippen molar-refractivity contribution in [2.45, 2.75) is 77.4 Å². The maximum atomic E-state index is 14.4. The van der Waals surface area contributed by atoms with Gasteiger partial charge in [0.15, 0.2) is 5.76 Å². The van der Waals surface area contributed by atoms with Crippen molar-refractivity contribution in [2.24, 2.45) is 0 Å². The van der Waals surface area contributed by atoms with Crippen molar-refractivity contribution in [2.75, 3.05) is 29.5 Å². The predicted octanol–water partition coefficient (Wildman–Crippen LogP) is 6.04. The molecule has 2 heterocycles. The number of nitrogens with zero attached hydrogens (tertiary/aromatic N) is 3. The summed E-state index contributed by atoms with van der Waals surface area (Å²) in [6.45, 7) is 6.88. The molecule has 1 fully saturated rings. The summed E-state index contributed by atoms with van der Waals surface area (Å²) in [6, 6.07) is 17.6. The second-order valence-corrected chi connectivity index (χ2v) is 11.4. The molecule has 40 heavy (non-hydrogen) atoms. The summed E-state index contributed by atoms with van der Waals surface area (Å²) in [7, 11) is 0. The van der Waals surface area contributed by atoms with E-state index < -0.39 is 0 Å². The average molecular weight is 544 g/mol. The topological polar surface area (TPSA) is 77.2 Å². The van der Waals surface area contributed by atoms with Crippen LogP contribution in [0.1, 0.15) is 78.7 Å². The molecule has 1 aliphatic heterocycles. The summed E-state index contributed by atoms with van der Waals surface area (Å²) in [5.74, 6) is 0.134. The molecule has 2 aliphatic rings. The van der Waals surface area contributed by atoms with Crippen molar-refractivity contribution >= 4 is 23.2 Å². The SMILES string of the molecule is Cc1ccc(N(C(=O)CN(CCO)C2CCCCC2)C2CC(C)N(C(=O)c3ccco3)c3ccc(C)cc32)cc1. The highest BCUT2D eigenvalue weighted by Gasteiger charge is 2.40. The van der Waals surface area contributed by atoms with Crippen molar-refractivity contribution in [3.8, 4) is 0 Å². The summed E-state index contributed by atoms with van der Waals surface area (Å²) >= 11 is 0. The third-order valence-corrected chi connectivity index (χ3v) is 8.47. The molecule has 5 rings (SSSR count). The second-order valence-electron chi connectivity index (χ2n) is 11.4. The van der Waals surface area contributed by atoms with Gasteiger partial charge in [-0.2, -0.15) is 0 Å². The van der Waals surface area contributed by atoms with E-state index in [4.69, 9.17) is 4.42 Å². The summed E-state index contributed by atoms with van der Waals surface area (Å²) in [6.07, 6.45) is 7.78. The normalized spacial score (nSPS) is 19.5. The number of anilines is 2. The number of aliphatic hydroxyl groups excluding tert-OH is 1. The van der Waals surface area contributed by atoms with E-state index in [0.717, 1.165) is 53.7 Å². The van der Waals surface area contributed by atoms with Crippen molar-refractivity contribution < 1.29 is 19.1 Å². The zero-order chi connectivity index (χ0) is 28.2. The molecule has 2 aromatic carbocycles. The largest absolute Gasteiger partial charge is 0.459 e. The Labute approximate surface area is 237 Å². The van der Waals surface area contributed by atoms with Crippen LogP contribution in [-0.4, -0.2) is 53.6 Å². The van der Waals surface area contributed by atoms with Crippen LogP contribution in [0.25, 0.3) is 0 Å². The Morgan fingerprint density at radius 1 is 1.00 bits per heavy atom. The number of rotatable bonds is 8. The minimum absolute atomic E-state index is 0.0124. The number of carbonyl (C=O) groups is 2. The van der Waals surface area contributed by atoms with Crippen LogP contribution in [0.15, 0.2) is 65.3 Å². The lowest BCUT2D eigenvalue weighted by Crippen LogP contribution is -2.51. The highest BCUT2D eigenvalue weighted by atomic mass is 16.3. The molecule has 7 nitrogen and oxygen atoms in total. The Morgan fingerprint density at radius 2 is 1.73 bits per heavy atom. The van der Waals surface area contributed by atoms with E-state index in [-0.39, 0.29) is 37.0 Å². The Balaban J connectivity index is 1.54. The maximum Gasteiger partial charge on any atom is 0.294 e. The zero-order valence-electron chi connectivity index (χ0n) is 23.9. The number of aliphatic hydroxyl groups is 1. The number of carbonyl (C=O) groups excluding carboxylic acids is 2. The van der Waals surface area contributed by atoms with Gasteiger partial charge in [0.2, 0.25) is 5.91 Å². The average Bonchev–Trinajstić information content (AvgIpc) is 3.50. The Morgan fingerprint density at radius 3 is 2.40 bits per heavy atom.